The number of hydrogen-bond acceptors (Lipinski definition) is 3. The van der Waals surface area contributed by atoms with E-state index in [0.717, 1.165) is 30.5 Å². The first kappa shape index (κ1) is 19.7. The van der Waals surface area contributed by atoms with Gasteiger partial charge < -0.3 is 10.1 Å². The molecule has 10 heteroatoms. The van der Waals surface area contributed by atoms with E-state index in [-0.39, 0.29) is 12.2 Å². The molecule has 3 rings (SSSR count). The normalized spacial score (nSPS) is 11.3. The second-order valence-corrected chi connectivity index (χ2v) is 6.05. The summed E-state index contributed by atoms with van der Waals surface area (Å²) in [6, 6.07) is 10.8. The van der Waals surface area contributed by atoms with Gasteiger partial charge in [-0.05, 0) is 42.0 Å². The molecule has 0 bridgehead atoms. The van der Waals surface area contributed by atoms with Crippen molar-refractivity contribution in [1.82, 2.24) is 15.1 Å². The molecular weight excluding hydrogens is 402 g/mol. The van der Waals surface area contributed by atoms with Crippen LogP contribution in [0, 0.1) is 5.82 Å². The highest BCUT2D eigenvalue weighted by Crippen LogP contribution is 2.37. The predicted octanol–water partition coefficient (Wildman–Crippen LogP) is 4.97. The van der Waals surface area contributed by atoms with Gasteiger partial charge in [-0.15, -0.1) is 0 Å². The van der Waals surface area contributed by atoms with E-state index < -0.39 is 29.5 Å². The summed E-state index contributed by atoms with van der Waals surface area (Å²) in [4.78, 5) is 11.9. The zero-order valence-corrected chi connectivity index (χ0v) is 14.8. The molecule has 5 nitrogen and oxygen atoms in total. The molecule has 0 saturated carbocycles. The van der Waals surface area contributed by atoms with Crippen molar-refractivity contribution < 1.29 is 27.1 Å². The minimum atomic E-state index is -4.86. The lowest BCUT2D eigenvalue weighted by Gasteiger charge is -2.13. The van der Waals surface area contributed by atoms with Gasteiger partial charge >= 0.3 is 12.3 Å². The fraction of sp³-hybridized carbons (Fsp3) is 0.111. The standard InChI is InChI=1S/C18H12ClF4N3O2/c19-12-3-1-11(2-4-12)9-24-17(27)28-15-10-25-26(16(15)18(21,22)23)14-7-5-13(20)6-8-14/h1-8,10H,9H2,(H,24,27). The molecule has 0 radical (unpaired) electrons. The maximum atomic E-state index is 13.5. The highest BCUT2D eigenvalue weighted by molar-refractivity contribution is 6.30. The number of ether oxygens (including phenoxy) is 1. The number of hydrogen-bond donors (Lipinski definition) is 1. The van der Waals surface area contributed by atoms with E-state index in [4.69, 9.17) is 16.3 Å². The van der Waals surface area contributed by atoms with Crippen LogP contribution in [0.1, 0.15) is 11.3 Å². The maximum Gasteiger partial charge on any atom is 0.437 e. The minimum absolute atomic E-state index is 0.0312. The molecule has 1 amide bonds. The van der Waals surface area contributed by atoms with Gasteiger partial charge in [-0.2, -0.15) is 18.3 Å². The highest BCUT2D eigenvalue weighted by Gasteiger charge is 2.40. The zero-order chi connectivity index (χ0) is 20.3. The van der Waals surface area contributed by atoms with Crippen molar-refractivity contribution >= 4 is 17.7 Å². The number of aromatic nitrogens is 2. The van der Waals surface area contributed by atoms with Gasteiger partial charge in [0, 0.05) is 11.6 Å². The van der Waals surface area contributed by atoms with Gasteiger partial charge in [-0.1, -0.05) is 23.7 Å². The van der Waals surface area contributed by atoms with E-state index >= 15 is 0 Å². The second kappa shape index (κ2) is 7.89. The molecule has 28 heavy (non-hydrogen) atoms. The van der Waals surface area contributed by atoms with Crippen molar-refractivity contribution in [3.8, 4) is 11.4 Å². The largest absolute Gasteiger partial charge is 0.437 e. The number of carbonyl (C=O) groups is 1. The number of benzene rings is 2. The predicted molar refractivity (Wildman–Crippen MR) is 92.8 cm³/mol. The fourth-order valence-electron chi connectivity index (χ4n) is 2.36. The van der Waals surface area contributed by atoms with Gasteiger partial charge in [0.05, 0.1) is 11.9 Å². The molecule has 1 aromatic heterocycles. The number of amides is 1. The molecule has 2 aromatic carbocycles. The van der Waals surface area contributed by atoms with Crippen molar-refractivity contribution in [3.63, 3.8) is 0 Å². The van der Waals surface area contributed by atoms with Crippen molar-refractivity contribution in [2.45, 2.75) is 12.7 Å². The van der Waals surface area contributed by atoms with Crippen LogP contribution in [0.3, 0.4) is 0 Å². The Morgan fingerprint density at radius 1 is 1.11 bits per heavy atom. The summed E-state index contributed by atoms with van der Waals surface area (Å²) in [7, 11) is 0. The molecule has 146 valence electrons. The van der Waals surface area contributed by atoms with E-state index in [1.807, 2.05) is 0 Å². The summed E-state index contributed by atoms with van der Waals surface area (Å²) < 4.78 is 58.8. The molecule has 0 atom stereocenters. The van der Waals surface area contributed by atoms with Gasteiger partial charge in [-0.25, -0.2) is 13.9 Å². The van der Waals surface area contributed by atoms with Crippen LogP contribution in [0.4, 0.5) is 22.4 Å². The third-order valence-electron chi connectivity index (χ3n) is 3.63. The first-order valence-corrected chi connectivity index (χ1v) is 8.23. The van der Waals surface area contributed by atoms with Crippen molar-refractivity contribution in [1.29, 1.82) is 0 Å². The van der Waals surface area contributed by atoms with Gasteiger partial charge in [0.1, 0.15) is 5.82 Å². The molecule has 0 fully saturated rings. The van der Waals surface area contributed by atoms with Crippen LogP contribution >= 0.6 is 11.6 Å². The highest BCUT2D eigenvalue weighted by atomic mass is 35.5. The van der Waals surface area contributed by atoms with Crippen LogP contribution in [0.2, 0.25) is 5.02 Å². The average Bonchev–Trinajstić information content (AvgIpc) is 3.06. The van der Waals surface area contributed by atoms with E-state index in [0.29, 0.717) is 15.3 Å². The number of nitrogens with zero attached hydrogens (tertiary/aromatic N) is 2. The molecule has 0 aliphatic carbocycles. The third-order valence-corrected chi connectivity index (χ3v) is 3.88. The number of carbonyl (C=O) groups excluding carboxylic acids is 1. The first-order chi connectivity index (χ1) is 13.2. The Bertz CT molecular complexity index is 970. The lowest BCUT2D eigenvalue weighted by atomic mass is 10.2. The Labute approximate surface area is 161 Å². The first-order valence-electron chi connectivity index (χ1n) is 7.85. The summed E-state index contributed by atoms with van der Waals surface area (Å²) >= 11 is 5.75. The Balaban J connectivity index is 1.78. The molecule has 3 aromatic rings. The Morgan fingerprint density at radius 2 is 1.75 bits per heavy atom. The van der Waals surface area contributed by atoms with Crippen LogP contribution in [-0.4, -0.2) is 15.9 Å². The van der Waals surface area contributed by atoms with E-state index in [2.05, 4.69) is 10.4 Å². The lowest BCUT2D eigenvalue weighted by Crippen LogP contribution is -2.27. The topological polar surface area (TPSA) is 56.1 Å². The smallest absolute Gasteiger partial charge is 0.406 e. The van der Waals surface area contributed by atoms with Crippen molar-refractivity contribution in [3.05, 3.63) is 76.8 Å². The van der Waals surface area contributed by atoms with Crippen LogP contribution in [-0.2, 0) is 12.7 Å². The lowest BCUT2D eigenvalue weighted by molar-refractivity contribution is -0.143. The Morgan fingerprint density at radius 3 is 2.36 bits per heavy atom. The molecule has 0 aliphatic heterocycles. The van der Waals surface area contributed by atoms with Gasteiger partial charge in [0.25, 0.3) is 0 Å². The maximum absolute atomic E-state index is 13.5. The number of rotatable bonds is 4. The molecule has 0 aliphatic rings. The summed E-state index contributed by atoms with van der Waals surface area (Å²) in [6.07, 6.45) is -5.18. The molecule has 0 unspecified atom stereocenters. The van der Waals surface area contributed by atoms with E-state index in [1.54, 1.807) is 24.3 Å². The molecule has 0 spiro atoms. The monoisotopic (exact) mass is 413 g/mol. The van der Waals surface area contributed by atoms with Crippen molar-refractivity contribution in [2.24, 2.45) is 0 Å². The quantitative estimate of drug-likeness (QED) is 0.614. The molecular formula is C18H12ClF4N3O2. The van der Waals surface area contributed by atoms with Gasteiger partial charge in [0.2, 0.25) is 0 Å². The van der Waals surface area contributed by atoms with E-state index in [1.165, 1.54) is 0 Å². The number of halogens is 5. The van der Waals surface area contributed by atoms with Crippen LogP contribution < -0.4 is 10.1 Å². The number of nitrogens with one attached hydrogen (secondary N) is 1. The van der Waals surface area contributed by atoms with E-state index in [9.17, 15) is 22.4 Å². The molecule has 0 saturated heterocycles. The second-order valence-electron chi connectivity index (χ2n) is 5.61. The minimum Gasteiger partial charge on any atom is -0.406 e. The Hall–Kier alpha value is -3.07. The van der Waals surface area contributed by atoms with Gasteiger partial charge in [-0.3, -0.25) is 0 Å². The van der Waals surface area contributed by atoms with Crippen molar-refractivity contribution in [2.75, 3.05) is 0 Å². The zero-order valence-electron chi connectivity index (χ0n) is 14.0. The fourth-order valence-corrected chi connectivity index (χ4v) is 2.48. The summed E-state index contributed by atoms with van der Waals surface area (Å²) in [5.41, 5.74) is -0.648. The number of alkyl halides is 3. The molecule has 1 N–H and O–H groups in total. The molecule has 1 heterocycles. The van der Waals surface area contributed by atoms with Gasteiger partial charge in [0.15, 0.2) is 11.4 Å². The third kappa shape index (κ3) is 4.61. The summed E-state index contributed by atoms with van der Waals surface area (Å²) in [5, 5.41) is 6.47. The SMILES string of the molecule is O=C(NCc1ccc(Cl)cc1)Oc1cnn(-c2ccc(F)cc2)c1C(F)(F)F. The Kier molecular flexibility index (Phi) is 5.55. The summed E-state index contributed by atoms with van der Waals surface area (Å²) in [6.45, 7) is 0.0312. The van der Waals surface area contributed by atoms with Crippen LogP contribution in [0.15, 0.2) is 54.7 Å². The average molecular weight is 414 g/mol. The van der Waals surface area contributed by atoms with Crippen LogP contribution in [0.25, 0.3) is 5.69 Å². The summed E-state index contributed by atoms with van der Waals surface area (Å²) in [5.74, 6) is -1.38. The van der Waals surface area contributed by atoms with Crippen LogP contribution in [0.5, 0.6) is 5.75 Å².